The van der Waals surface area contributed by atoms with Crippen LogP contribution in [0.4, 0.5) is 4.39 Å². The van der Waals surface area contributed by atoms with Crippen molar-refractivity contribution in [1.29, 1.82) is 0 Å². The van der Waals surface area contributed by atoms with Gasteiger partial charge in [-0.2, -0.15) is 5.10 Å². The van der Waals surface area contributed by atoms with E-state index in [-0.39, 0.29) is 6.61 Å². The molecule has 0 unspecified atom stereocenters. The van der Waals surface area contributed by atoms with Crippen LogP contribution < -0.4 is 10.2 Å². The molecule has 1 aliphatic carbocycles. The maximum absolute atomic E-state index is 13.1. The quantitative estimate of drug-likeness (QED) is 0.609. The largest absolute Gasteiger partial charge is 0.484 e. The minimum Gasteiger partial charge on any atom is -0.484 e. The van der Waals surface area contributed by atoms with Gasteiger partial charge >= 0.3 is 0 Å². The van der Waals surface area contributed by atoms with Crippen molar-refractivity contribution in [2.75, 3.05) is 6.61 Å². The topological polar surface area (TPSA) is 55.6 Å². The van der Waals surface area contributed by atoms with Gasteiger partial charge in [-0.1, -0.05) is 25.3 Å². The maximum atomic E-state index is 13.1. The zero-order valence-corrected chi connectivity index (χ0v) is 15.9. The number of aromatic nitrogens is 1. The van der Waals surface area contributed by atoms with Crippen molar-refractivity contribution in [3.63, 3.8) is 0 Å². The van der Waals surface area contributed by atoms with Crippen molar-refractivity contribution in [2.24, 2.45) is 5.10 Å². The number of amides is 1. The highest BCUT2D eigenvalue weighted by Gasteiger charge is 2.19. The van der Waals surface area contributed by atoms with Gasteiger partial charge in [0, 0.05) is 29.1 Å². The molecule has 0 atom stereocenters. The number of carbonyl (C=O) groups excluding carboxylic acids is 1. The van der Waals surface area contributed by atoms with Crippen LogP contribution >= 0.6 is 0 Å². The lowest BCUT2D eigenvalue weighted by Crippen LogP contribution is -2.24. The van der Waals surface area contributed by atoms with Gasteiger partial charge in [-0.3, -0.25) is 4.79 Å². The molecule has 5 nitrogen and oxygen atoms in total. The van der Waals surface area contributed by atoms with Gasteiger partial charge in [0.2, 0.25) is 0 Å². The van der Waals surface area contributed by atoms with Crippen molar-refractivity contribution < 1.29 is 13.9 Å². The van der Waals surface area contributed by atoms with E-state index < -0.39 is 11.7 Å². The Labute approximate surface area is 159 Å². The molecular weight excluding hydrogens is 345 g/mol. The average molecular weight is 371 g/mol. The van der Waals surface area contributed by atoms with E-state index >= 15 is 0 Å². The number of nitrogens with one attached hydrogen (secondary N) is 1. The number of hydrogen-bond donors (Lipinski definition) is 1. The van der Waals surface area contributed by atoms with E-state index in [1.807, 2.05) is 0 Å². The highest BCUT2D eigenvalue weighted by Crippen LogP contribution is 2.31. The summed E-state index contributed by atoms with van der Waals surface area (Å²) in [4.78, 5) is 11.8. The van der Waals surface area contributed by atoms with Gasteiger partial charge in [0.25, 0.3) is 5.91 Å². The molecule has 1 N–H and O–H groups in total. The van der Waals surface area contributed by atoms with Crippen molar-refractivity contribution in [1.82, 2.24) is 9.99 Å². The number of hydrazone groups is 1. The smallest absolute Gasteiger partial charge is 0.277 e. The van der Waals surface area contributed by atoms with Crippen LogP contribution in [-0.2, 0) is 4.79 Å². The number of benzene rings is 1. The molecule has 0 spiro atoms. The molecule has 2 aromatic rings. The summed E-state index contributed by atoms with van der Waals surface area (Å²) in [7, 11) is 0. The zero-order chi connectivity index (χ0) is 19.2. The van der Waals surface area contributed by atoms with Crippen LogP contribution in [0, 0.1) is 19.7 Å². The Morgan fingerprint density at radius 2 is 2.07 bits per heavy atom. The fraction of sp³-hybridized carbons (Fsp3) is 0.429. The fourth-order valence-electron chi connectivity index (χ4n) is 3.75. The fourth-order valence-corrected chi connectivity index (χ4v) is 3.75. The van der Waals surface area contributed by atoms with E-state index in [9.17, 15) is 9.18 Å². The van der Waals surface area contributed by atoms with E-state index in [2.05, 4.69) is 35.0 Å². The third-order valence-corrected chi connectivity index (χ3v) is 5.02. The van der Waals surface area contributed by atoms with Crippen LogP contribution in [0.2, 0.25) is 0 Å². The number of aryl methyl sites for hydroxylation is 1. The van der Waals surface area contributed by atoms with Gasteiger partial charge in [0.15, 0.2) is 6.61 Å². The Morgan fingerprint density at radius 3 is 2.81 bits per heavy atom. The Balaban J connectivity index is 1.55. The van der Waals surface area contributed by atoms with E-state index in [4.69, 9.17) is 4.74 Å². The Hall–Kier alpha value is -2.63. The van der Waals surface area contributed by atoms with E-state index in [1.165, 1.54) is 61.7 Å². The van der Waals surface area contributed by atoms with Gasteiger partial charge in [-0.25, -0.2) is 9.82 Å². The second kappa shape index (κ2) is 8.84. The molecule has 0 radical (unpaired) electrons. The van der Waals surface area contributed by atoms with Crippen molar-refractivity contribution in [3.8, 4) is 5.75 Å². The second-order valence-corrected chi connectivity index (χ2v) is 7.03. The van der Waals surface area contributed by atoms with Crippen LogP contribution in [0.5, 0.6) is 5.75 Å². The van der Waals surface area contributed by atoms with Crippen molar-refractivity contribution in [3.05, 3.63) is 53.1 Å². The number of hydrogen-bond acceptors (Lipinski definition) is 3. The summed E-state index contributed by atoms with van der Waals surface area (Å²) in [6.45, 7) is 3.99. The lowest BCUT2D eigenvalue weighted by molar-refractivity contribution is -0.123. The van der Waals surface area contributed by atoms with Crippen LogP contribution in [0.3, 0.4) is 0 Å². The Kier molecular flexibility index (Phi) is 6.27. The predicted molar refractivity (Wildman–Crippen MR) is 104 cm³/mol. The van der Waals surface area contributed by atoms with Crippen LogP contribution in [0.15, 0.2) is 35.4 Å². The molecule has 1 saturated carbocycles. The van der Waals surface area contributed by atoms with Gasteiger partial charge in [-0.15, -0.1) is 0 Å². The van der Waals surface area contributed by atoms with E-state index in [0.717, 1.165) is 5.56 Å². The first kappa shape index (κ1) is 19.1. The monoisotopic (exact) mass is 371 g/mol. The highest BCUT2D eigenvalue weighted by molar-refractivity contribution is 5.84. The zero-order valence-electron chi connectivity index (χ0n) is 15.9. The van der Waals surface area contributed by atoms with Gasteiger partial charge in [0.05, 0.1) is 6.21 Å². The van der Waals surface area contributed by atoms with Crippen LogP contribution in [0.25, 0.3) is 0 Å². The number of halogens is 1. The molecule has 6 heteroatoms. The molecule has 1 aliphatic rings. The predicted octanol–water partition coefficient (Wildman–Crippen LogP) is 4.28. The van der Waals surface area contributed by atoms with Gasteiger partial charge in [0.1, 0.15) is 11.6 Å². The van der Waals surface area contributed by atoms with E-state index in [0.29, 0.717) is 11.8 Å². The van der Waals surface area contributed by atoms with Gasteiger partial charge < -0.3 is 9.30 Å². The summed E-state index contributed by atoms with van der Waals surface area (Å²) in [6.07, 6.45) is 8.01. The summed E-state index contributed by atoms with van der Waals surface area (Å²) in [6, 6.07) is 8.35. The first-order valence-corrected chi connectivity index (χ1v) is 9.43. The SMILES string of the molecule is Cc1cc(/C=N\NC(=O)COc2cccc(F)c2)c(C)n1C1CCCCC1. The molecule has 3 rings (SSSR count). The van der Waals surface area contributed by atoms with Crippen molar-refractivity contribution >= 4 is 12.1 Å². The molecule has 0 aliphatic heterocycles. The number of nitrogens with zero attached hydrogens (tertiary/aromatic N) is 2. The minimum absolute atomic E-state index is 0.220. The lowest BCUT2D eigenvalue weighted by atomic mass is 9.95. The molecule has 1 fully saturated rings. The third kappa shape index (κ3) is 4.96. The van der Waals surface area contributed by atoms with Crippen molar-refractivity contribution in [2.45, 2.75) is 52.0 Å². The summed E-state index contributed by atoms with van der Waals surface area (Å²) < 4.78 is 20.7. The molecule has 1 aromatic heterocycles. The second-order valence-electron chi connectivity index (χ2n) is 7.03. The lowest BCUT2D eigenvalue weighted by Gasteiger charge is -2.26. The minimum atomic E-state index is -0.403. The number of ether oxygens (including phenoxy) is 1. The standard InChI is InChI=1S/C21H26FN3O2/c1-15-11-17(16(2)25(15)19-8-4-3-5-9-19)13-23-24-21(26)14-27-20-10-6-7-18(22)12-20/h6-7,10-13,19H,3-5,8-9,14H2,1-2H3,(H,24,26)/b23-13-. The normalized spacial score (nSPS) is 15.2. The maximum Gasteiger partial charge on any atom is 0.277 e. The van der Waals surface area contributed by atoms with E-state index in [1.54, 1.807) is 12.3 Å². The molecule has 1 aromatic carbocycles. The highest BCUT2D eigenvalue weighted by atomic mass is 19.1. The summed E-state index contributed by atoms with van der Waals surface area (Å²) in [5.41, 5.74) is 5.86. The first-order valence-electron chi connectivity index (χ1n) is 9.43. The van der Waals surface area contributed by atoms with Gasteiger partial charge in [-0.05, 0) is 44.9 Å². The first-order chi connectivity index (χ1) is 13.0. The third-order valence-electron chi connectivity index (χ3n) is 5.02. The molecule has 1 heterocycles. The number of rotatable bonds is 6. The molecule has 144 valence electrons. The molecule has 27 heavy (non-hydrogen) atoms. The summed E-state index contributed by atoms with van der Waals surface area (Å²) >= 11 is 0. The molecular formula is C21H26FN3O2. The molecule has 0 saturated heterocycles. The Bertz CT molecular complexity index is 823. The number of carbonyl (C=O) groups is 1. The van der Waals surface area contributed by atoms with Crippen LogP contribution in [0.1, 0.15) is 55.1 Å². The summed E-state index contributed by atoms with van der Waals surface area (Å²) in [5, 5.41) is 4.04. The Morgan fingerprint density at radius 1 is 1.30 bits per heavy atom. The summed E-state index contributed by atoms with van der Waals surface area (Å²) in [5.74, 6) is -0.485. The van der Waals surface area contributed by atoms with Crippen LogP contribution in [-0.4, -0.2) is 23.3 Å². The molecule has 1 amide bonds. The molecule has 0 bridgehead atoms. The average Bonchev–Trinajstić information content (AvgIpc) is 2.94.